The summed E-state index contributed by atoms with van der Waals surface area (Å²) in [6.07, 6.45) is -1.49. The topological polar surface area (TPSA) is 120 Å². The largest absolute Gasteiger partial charge is 0.508 e. The third kappa shape index (κ3) is 7.24. The van der Waals surface area contributed by atoms with Crippen LogP contribution in [0.15, 0.2) is 24.3 Å². The Bertz CT molecular complexity index is 829. The van der Waals surface area contributed by atoms with Gasteiger partial charge in [0.05, 0.1) is 7.11 Å². The third-order valence-corrected chi connectivity index (χ3v) is 5.60. The molecular weight excluding hydrogens is 430 g/mol. The van der Waals surface area contributed by atoms with Crippen molar-refractivity contribution in [2.24, 2.45) is 0 Å². The van der Waals surface area contributed by atoms with E-state index >= 15 is 0 Å². The maximum Gasteiger partial charge on any atom is 0.410 e. The van der Waals surface area contributed by atoms with Gasteiger partial charge >= 0.3 is 18.2 Å². The van der Waals surface area contributed by atoms with Gasteiger partial charge in [-0.1, -0.05) is 12.1 Å². The summed E-state index contributed by atoms with van der Waals surface area (Å²) in [5.74, 6) is -0.577. The molecule has 0 bridgehead atoms. The maximum atomic E-state index is 12.7. The van der Waals surface area contributed by atoms with Gasteiger partial charge < -0.3 is 24.6 Å². The number of benzene rings is 1. The predicted octanol–water partition coefficient (Wildman–Crippen LogP) is 2.40. The van der Waals surface area contributed by atoms with E-state index in [2.05, 4.69) is 4.90 Å². The van der Waals surface area contributed by atoms with Crippen molar-refractivity contribution in [2.75, 3.05) is 46.4 Å². The number of carbonyl (C=O) groups excluding carboxylic acids is 2. The first-order chi connectivity index (χ1) is 15.4. The van der Waals surface area contributed by atoms with E-state index in [1.165, 1.54) is 19.2 Å². The summed E-state index contributed by atoms with van der Waals surface area (Å²) in [5.41, 5.74) is -1.32. The minimum atomic E-state index is -1.45. The number of nitrogens with zero attached hydrogens (tertiary/aromatic N) is 3. The predicted molar refractivity (Wildman–Crippen MR) is 121 cm³/mol. The molecule has 0 radical (unpaired) electrons. The van der Waals surface area contributed by atoms with Crippen LogP contribution in [0.3, 0.4) is 0 Å². The molecule has 1 aliphatic rings. The molecule has 1 heterocycles. The third-order valence-electron chi connectivity index (χ3n) is 5.60. The van der Waals surface area contributed by atoms with Crippen molar-refractivity contribution in [1.29, 1.82) is 0 Å². The van der Waals surface area contributed by atoms with Gasteiger partial charge in [0.1, 0.15) is 16.9 Å². The number of carbonyl (C=O) groups is 3. The molecule has 0 saturated carbocycles. The van der Waals surface area contributed by atoms with E-state index in [0.717, 1.165) is 4.90 Å². The van der Waals surface area contributed by atoms with E-state index in [-0.39, 0.29) is 24.8 Å². The van der Waals surface area contributed by atoms with Crippen LogP contribution >= 0.6 is 0 Å². The van der Waals surface area contributed by atoms with E-state index in [4.69, 9.17) is 9.47 Å². The Morgan fingerprint density at radius 1 is 1.03 bits per heavy atom. The zero-order valence-electron chi connectivity index (χ0n) is 20.0. The molecule has 2 N–H and O–H groups in total. The summed E-state index contributed by atoms with van der Waals surface area (Å²) >= 11 is 0. The number of phenols is 1. The first-order valence-corrected chi connectivity index (χ1v) is 10.9. The van der Waals surface area contributed by atoms with Crippen molar-refractivity contribution in [3.8, 4) is 5.75 Å². The molecule has 1 saturated heterocycles. The molecule has 0 unspecified atom stereocenters. The number of esters is 1. The van der Waals surface area contributed by atoms with Crippen molar-refractivity contribution < 1.29 is 34.1 Å². The first kappa shape index (κ1) is 26.2. The number of rotatable bonds is 7. The summed E-state index contributed by atoms with van der Waals surface area (Å²) in [7, 11) is 1.23. The molecule has 1 fully saturated rings. The van der Waals surface area contributed by atoms with Crippen molar-refractivity contribution in [3.05, 3.63) is 29.8 Å². The Kier molecular flexibility index (Phi) is 8.54. The minimum absolute atomic E-state index is 0.0825. The molecular formula is C23H35N3O7. The Morgan fingerprint density at radius 2 is 1.61 bits per heavy atom. The molecule has 1 aromatic rings. The van der Waals surface area contributed by atoms with Crippen molar-refractivity contribution >= 4 is 18.2 Å². The summed E-state index contributed by atoms with van der Waals surface area (Å²) in [4.78, 5) is 41.9. The Morgan fingerprint density at radius 3 is 2.09 bits per heavy atom. The van der Waals surface area contributed by atoms with Gasteiger partial charge in [-0.15, -0.1) is 0 Å². The van der Waals surface area contributed by atoms with Gasteiger partial charge in [-0.3, -0.25) is 9.80 Å². The second-order valence-electron chi connectivity index (χ2n) is 9.35. The standard InChI is InChI=1S/C23H35N3O7/c1-22(2,3)33-21(31)25-13-10-24(11-14-25)12-15-26(20(29)30)23(4,19(28)32-5)16-17-6-8-18(27)9-7-17/h6-9,27H,10-16H2,1-5H3,(H,29,30)/t23-/m0/s1. The SMILES string of the molecule is COC(=O)[C@](C)(Cc1ccc(O)cc1)N(CCN1CCN(C(=O)OC(C)(C)C)CC1)C(=O)O. The molecule has 0 spiro atoms. The molecule has 10 nitrogen and oxygen atoms in total. The molecule has 33 heavy (non-hydrogen) atoms. The van der Waals surface area contributed by atoms with E-state index in [9.17, 15) is 24.6 Å². The van der Waals surface area contributed by atoms with Crippen molar-refractivity contribution in [2.45, 2.75) is 45.3 Å². The maximum absolute atomic E-state index is 12.7. The number of ether oxygens (including phenoxy) is 2. The molecule has 0 aromatic heterocycles. The highest BCUT2D eigenvalue weighted by molar-refractivity contribution is 5.85. The van der Waals surface area contributed by atoms with Gasteiger partial charge in [0.15, 0.2) is 0 Å². The number of piperazine rings is 1. The molecule has 1 aromatic carbocycles. The minimum Gasteiger partial charge on any atom is -0.508 e. The quantitative estimate of drug-likeness (QED) is 0.589. The second kappa shape index (κ2) is 10.7. The van der Waals surface area contributed by atoms with Crippen LogP contribution in [-0.2, 0) is 20.7 Å². The van der Waals surface area contributed by atoms with Crippen molar-refractivity contribution in [3.63, 3.8) is 0 Å². The fourth-order valence-electron chi connectivity index (χ4n) is 3.78. The smallest absolute Gasteiger partial charge is 0.410 e. The van der Waals surface area contributed by atoms with Crippen LogP contribution in [-0.4, -0.2) is 101 Å². The zero-order chi connectivity index (χ0) is 24.8. The fourth-order valence-corrected chi connectivity index (χ4v) is 3.78. The Hall–Kier alpha value is -3.01. The summed E-state index contributed by atoms with van der Waals surface area (Å²) in [6.45, 7) is 9.57. The molecule has 1 atom stereocenters. The average molecular weight is 466 g/mol. The average Bonchev–Trinajstić information content (AvgIpc) is 2.73. The van der Waals surface area contributed by atoms with Gasteiger partial charge in [-0.25, -0.2) is 14.4 Å². The lowest BCUT2D eigenvalue weighted by atomic mass is 9.90. The highest BCUT2D eigenvalue weighted by atomic mass is 16.6. The Labute approximate surface area is 194 Å². The number of hydrogen-bond donors (Lipinski definition) is 2. The van der Waals surface area contributed by atoms with Gasteiger partial charge in [0.25, 0.3) is 0 Å². The number of amides is 2. The molecule has 10 heteroatoms. The lowest BCUT2D eigenvalue weighted by molar-refractivity contribution is -0.153. The van der Waals surface area contributed by atoms with Gasteiger partial charge in [0, 0.05) is 45.7 Å². The van der Waals surface area contributed by atoms with E-state index < -0.39 is 23.2 Å². The van der Waals surface area contributed by atoms with Crippen LogP contribution in [0.2, 0.25) is 0 Å². The van der Waals surface area contributed by atoms with Crippen molar-refractivity contribution in [1.82, 2.24) is 14.7 Å². The lowest BCUT2D eigenvalue weighted by Crippen LogP contribution is -2.59. The van der Waals surface area contributed by atoms with E-state index in [1.807, 2.05) is 20.8 Å². The number of hydrogen-bond acceptors (Lipinski definition) is 7. The highest BCUT2D eigenvalue weighted by Gasteiger charge is 2.44. The lowest BCUT2D eigenvalue weighted by Gasteiger charge is -2.40. The number of methoxy groups -OCH3 is 1. The van der Waals surface area contributed by atoms with Gasteiger partial charge in [-0.2, -0.15) is 0 Å². The molecule has 184 valence electrons. The van der Waals surface area contributed by atoms with Gasteiger partial charge in [-0.05, 0) is 45.4 Å². The normalized spacial score (nSPS) is 16.6. The Balaban J connectivity index is 2.04. The second-order valence-corrected chi connectivity index (χ2v) is 9.35. The monoisotopic (exact) mass is 465 g/mol. The van der Waals surface area contributed by atoms with Crippen LogP contribution in [0.5, 0.6) is 5.75 Å². The first-order valence-electron chi connectivity index (χ1n) is 10.9. The summed E-state index contributed by atoms with van der Waals surface area (Å²) in [6, 6.07) is 6.27. The van der Waals surface area contributed by atoms with Crippen LogP contribution in [0, 0.1) is 0 Å². The summed E-state index contributed by atoms with van der Waals surface area (Å²) in [5, 5.41) is 19.4. The fraction of sp³-hybridized carbons (Fsp3) is 0.609. The van der Waals surface area contributed by atoms with Crippen LogP contribution in [0.25, 0.3) is 0 Å². The van der Waals surface area contributed by atoms with E-state index in [1.54, 1.807) is 24.0 Å². The van der Waals surface area contributed by atoms with Crippen LogP contribution in [0.4, 0.5) is 9.59 Å². The summed E-state index contributed by atoms with van der Waals surface area (Å²) < 4.78 is 10.4. The zero-order valence-corrected chi connectivity index (χ0v) is 20.0. The number of carboxylic acid groups (broad SMARTS) is 1. The molecule has 0 aliphatic carbocycles. The highest BCUT2D eigenvalue weighted by Crippen LogP contribution is 2.25. The number of aromatic hydroxyl groups is 1. The molecule has 2 amide bonds. The van der Waals surface area contributed by atoms with E-state index in [0.29, 0.717) is 38.3 Å². The molecule has 1 aliphatic heterocycles. The molecule has 2 rings (SSSR count). The number of phenolic OH excluding ortho intramolecular Hbond substituents is 1. The van der Waals surface area contributed by atoms with Crippen LogP contribution in [0.1, 0.15) is 33.3 Å². The van der Waals surface area contributed by atoms with Crippen LogP contribution < -0.4 is 0 Å². The van der Waals surface area contributed by atoms with Gasteiger partial charge in [0.2, 0.25) is 0 Å².